The van der Waals surface area contributed by atoms with Gasteiger partial charge >= 0.3 is 0 Å². The molecule has 1 aliphatic rings. The van der Waals surface area contributed by atoms with Crippen molar-refractivity contribution in [1.82, 2.24) is 0 Å². The van der Waals surface area contributed by atoms with Crippen molar-refractivity contribution < 1.29 is 14.3 Å². The van der Waals surface area contributed by atoms with E-state index in [-0.39, 0.29) is 17.9 Å². The van der Waals surface area contributed by atoms with Crippen LogP contribution in [0.15, 0.2) is 24.3 Å². The molecule has 5 heteroatoms. The van der Waals surface area contributed by atoms with Crippen LogP contribution < -0.4 is 15.4 Å². The number of amides is 1. The van der Waals surface area contributed by atoms with Crippen molar-refractivity contribution in [3.63, 3.8) is 0 Å². The highest BCUT2D eigenvalue weighted by Gasteiger charge is 2.35. The van der Waals surface area contributed by atoms with Gasteiger partial charge in [0.15, 0.2) is 0 Å². The maximum absolute atomic E-state index is 12.8. The number of rotatable bonds is 6. The summed E-state index contributed by atoms with van der Waals surface area (Å²) >= 11 is 0. The van der Waals surface area contributed by atoms with Gasteiger partial charge in [0, 0.05) is 13.2 Å². The zero-order valence-corrected chi connectivity index (χ0v) is 12.7. The normalized spacial score (nSPS) is 21.3. The number of para-hydroxylation sites is 2. The minimum Gasteiger partial charge on any atom is -0.495 e. The van der Waals surface area contributed by atoms with Gasteiger partial charge in [0.2, 0.25) is 0 Å². The summed E-state index contributed by atoms with van der Waals surface area (Å²) in [6.45, 7) is 3.81. The zero-order chi connectivity index (χ0) is 15.2. The molecule has 5 nitrogen and oxygen atoms in total. The molecule has 1 fully saturated rings. The molecule has 21 heavy (non-hydrogen) atoms. The van der Waals surface area contributed by atoms with Crippen LogP contribution in [0.4, 0.5) is 5.69 Å². The molecule has 0 spiro atoms. The Balaban J connectivity index is 2.27. The molecule has 1 heterocycles. The first-order chi connectivity index (χ1) is 10.2. The van der Waals surface area contributed by atoms with Crippen molar-refractivity contribution >= 4 is 11.6 Å². The minimum absolute atomic E-state index is 0.00190. The second kappa shape index (κ2) is 7.43. The van der Waals surface area contributed by atoms with Crippen LogP contribution in [0.2, 0.25) is 0 Å². The topological polar surface area (TPSA) is 64.8 Å². The average Bonchev–Trinajstić information content (AvgIpc) is 2.94. The highest BCUT2D eigenvalue weighted by Crippen LogP contribution is 2.31. The first kappa shape index (κ1) is 15.8. The largest absolute Gasteiger partial charge is 0.495 e. The number of benzene rings is 1. The van der Waals surface area contributed by atoms with Gasteiger partial charge in [0.1, 0.15) is 11.9 Å². The molecular formula is C16H24N2O3. The van der Waals surface area contributed by atoms with Crippen LogP contribution in [0.25, 0.3) is 0 Å². The van der Waals surface area contributed by atoms with E-state index in [1.165, 1.54) is 0 Å². The van der Waals surface area contributed by atoms with Crippen LogP contribution in [0.5, 0.6) is 5.75 Å². The monoisotopic (exact) mass is 292 g/mol. The second-order valence-electron chi connectivity index (χ2n) is 5.36. The van der Waals surface area contributed by atoms with E-state index >= 15 is 0 Å². The smallest absolute Gasteiger partial charge is 0.256 e. The number of ether oxygens (including phenoxy) is 2. The van der Waals surface area contributed by atoms with Crippen LogP contribution in [-0.4, -0.2) is 38.8 Å². The lowest BCUT2D eigenvalue weighted by molar-refractivity contribution is -0.128. The molecule has 0 radical (unpaired) electrons. The molecule has 1 aliphatic heterocycles. The number of anilines is 1. The minimum atomic E-state index is -0.368. The fourth-order valence-corrected chi connectivity index (χ4v) is 2.62. The van der Waals surface area contributed by atoms with E-state index in [1.54, 1.807) is 12.0 Å². The third kappa shape index (κ3) is 3.54. The van der Waals surface area contributed by atoms with Gasteiger partial charge in [-0.05, 0) is 37.4 Å². The molecule has 0 bridgehead atoms. The standard InChI is InChI=1S/C16H24N2O3/c1-12-8-11-21-15(12)16(19)18(10-5-9-17)13-6-3-4-7-14(13)20-2/h3-4,6-7,12,15H,5,8-11,17H2,1-2H3. The molecule has 2 rings (SSSR count). The zero-order valence-electron chi connectivity index (χ0n) is 12.7. The Morgan fingerprint density at radius 2 is 2.24 bits per heavy atom. The maximum atomic E-state index is 12.8. The highest BCUT2D eigenvalue weighted by molar-refractivity contribution is 5.98. The lowest BCUT2D eigenvalue weighted by Crippen LogP contribution is -2.42. The lowest BCUT2D eigenvalue weighted by atomic mass is 10.0. The molecule has 1 amide bonds. The summed E-state index contributed by atoms with van der Waals surface area (Å²) in [6, 6.07) is 7.55. The molecule has 2 unspecified atom stereocenters. The Morgan fingerprint density at radius 1 is 1.48 bits per heavy atom. The number of carbonyl (C=O) groups excluding carboxylic acids is 1. The van der Waals surface area contributed by atoms with E-state index in [2.05, 4.69) is 6.92 Å². The van der Waals surface area contributed by atoms with Crippen molar-refractivity contribution in [3.05, 3.63) is 24.3 Å². The van der Waals surface area contributed by atoms with Gasteiger partial charge in [-0.15, -0.1) is 0 Å². The van der Waals surface area contributed by atoms with Crippen LogP contribution in [0.1, 0.15) is 19.8 Å². The van der Waals surface area contributed by atoms with Gasteiger partial charge in [-0.1, -0.05) is 19.1 Å². The van der Waals surface area contributed by atoms with Crippen molar-refractivity contribution in [3.8, 4) is 5.75 Å². The van der Waals surface area contributed by atoms with E-state index < -0.39 is 0 Å². The Morgan fingerprint density at radius 3 is 2.86 bits per heavy atom. The molecule has 116 valence electrons. The van der Waals surface area contributed by atoms with E-state index in [0.717, 1.165) is 18.5 Å². The molecular weight excluding hydrogens is 268 g/mol. The Bertz CT molecular complexity index is 478. The summed E-state index contributed by atoms with van der Waals surface area (Å²) < 4.78 is 11.0. The quantitative estimate of drug-likeness (QED) is 0.868. The molecule has 1 aromatic rings. The Kier molecular flexibility index (Phi) is 5.59. The lowest BCUT2D eigenvalue weighted by Gasteiger charge is -2.28. The Labute approximate surface area is 126 Å². The van der Waals surface area contributed by atoms with Crippen molar-refractivity contribution in [2.24, 2.45) is 11.7 Å². The second-order valence-corrected chi connectivity index (χ2v) is 5.36. The summed E-state index contributed by atoms with van der Waals surface area (Å²) in [7, 11) is 1.61. The molecule has 0 saturated carbocycles. The summed E-state index contributed by atoms with van der Waals surface area (Å²) in [5.41, 5.74) is 6.38. The maximum Gasteiger partial charge on any atom is 0.256 e. The van der Waals surface area contributed by atoms with Crippen LogP contribution in [0, 0.1) is 5.92 Å². The van der Waals surface area contributed by atoms with Crippen LogP contribution >= 0.6 is 0 Å². The number of nitrogens with two attached hydrogens (primary N) is 1. The number of hydrogen-bond donors (Lipinski definition) is 1. The number of carbonyl (C=O) groups is 1. The fraction of sp³-hybridized carbons (Fsp3) is 0.562. The summed E-state index contributed by atoms with van der Waals surface area (Å²) in [5, 5.41) is 0. The number of nitrogens with zero attached hydrogens (tertiary/aromatic N) is 1. The van der Waals surface area contributed by atoms with Crippen LogP contribution in [0.3, 0.4) is 0 Å². The van der Waals surface area contributed by atoms with Crippen molar-refractivity contribution in [2.75, 3.05) is 31.7 Å². The number of hydrogen-bond acceptors (Lipinski definition) is 4. The molecule has 1 saturated heterocycles. The average molecular weight is 292 g/mol. The van der Waals surface area contributed by atoms with Crippen molar-refractivity contribution in [1.29, 1.82) is 0 Å². The molecule has 2 atom stereocenters. The molecule has 0 aliphatic carbocycles. The first-order valence-electron chi connectivity index (χ1n) is 7.45. The molecule has 1 aromatic carbocycles. The number of methoxy groups -OCH3 is 1. The van der Waals surface area contributed by atoms with Gasteiger partial charge in [0.05, 0.1) is 12.8 Å². The van der Waals surface area contributed by atoms with E-state index in [9.17, 15) is 4.79 Å². The van der Waals surface area contributed by atoms with Crippen LogP contribution in [-0.2, 0) is 9.53 Å². The summed E-state index contributed by atoms with van der Waals surface area (Å²) in [6.07, 6.45) is 1.30. The summed E-state index contributed by atoms with van der Waals surface area (Å²) in [5.74, 6) is 0.930. The van der Waals surface area contributed by atoms with E-state index in [1.807, 2.05) is 24.3 Å². The fourth-order valence-electron chi connectivity index (χ4n) is 2.62. The van der Waals surface area contributed by atoms with E-state index in [0.29, 0.717) is 25.4 Å². The van der Waals surface area contributed by atoms with Gasteiger partial charge in [0.25, 0.3) is 5.91 Å². The predicted molar refractivity (Wildman–Crippen MR) is 82.5 cm³/mol. The van der Waals surface area contributed by atoms with Gasteiger partial charge < -0.3 is 20.1 Å². The Hall–Kier alpha value is -1.59. The van der Waals surface area contributed by atoms with E-state index in [4.69, 9.17) is 15.2 Å². The molecule has 0 aromatic heterocycles. The van der Waals surface area contributed by atoms with Gasteiger partial charge in [-0.25, -0.2) is 0 Å². The highest BCUT2D eigenvalue weighted by atomic mass is 16.5. The SMILES string of the molecule is COc1ccccc1N(CCCN)C(=O)C1OCCC1C. The van der Waals surface area contributed by atoms with Gasteiger partial charge in [-0.3, -0.25) is 4.79 Å². The van der Waals surface area contributed by atoms with Crippen molar-refractivity contribution in [2.45, 2.75) is 25.9 Å². The third-order valence-electron chi connectivity index (χ3n) is 3.86. The van der Waals surface area contributed by atoms with Gasteiger partial charge in [-0.2, -0.15) is 0 Å². The molecule has 2 N–H and O–H groups in total. The summed E-state index contributed by atoms with van der Waals surface area (Å²) in [4.78, 5) is 14.6. The predicted octanol–water partition coefficient (Wildman–Crippen LogP) is 1.80. The third-order valence-corrected chi connectivity index (χ3v) is 3.86. The first-order valence-corrected chi connectivity index (χ1v) is 7.45.